The van der Waals surface area contributed by atoms with Crippen molar-refractivity contribution in [2.45, 2.75) is 51.0 Å². The van der Waals surface area contributed by atoms with E-state index in [1.807, 2.05) is 18.2 Å². The van der Waals surface area contributed by atoms with Crippen LogP contribution in [0.4, 0.5) is 0 Å². The third-order valence-corrected chi connectivity index (χ3v) is 5.60. The van der Waals surface area contributed by atoms with E-state index < -0.39 is 0 Å². The lowest BCUT2D eigenvalue weighted by atomic mass is 9.68. The molecule has 2 N–H and O–H groups in total. The molecule has 1 amide bonds. The first-order valence-corrected chi connectivity index (χ1v) is 10.2. The fraction of sp³-hybridized carbons (Fsp3) is 0.682. The van der Waals surface area contributed by atoms with E-state index in [0.717, 1.165) is 43.7 Å². The number of hydrogen-bond donors (Lipinski definition) is 2. The summed E-state index contributed by atoms with van der Waals surface area (Å²) in [6.07, 6.45) is 3.32. The molecule has 0 unspecified atom stereocenters. The van der Waals surface area contributed by atoms with Crippen molar-refractivity contribution in [1.29, 1.82) is 0 Å². The molecule has 27 heavy (non-hydrogen) atoms. The highest BCUT2D eigenvalue weighted by molar-refractivity contribution is 5.78. The van der Waals surface area contributed by atoms with Gasteiger partial charge in [-0.2, -0.15) is 0 Å². The minimum Gasteiger partial charge on any atom is -0.496 e. The van der Waals surface area contributed by atoms with E-state index in [2.05, 4.69) is 39.3 Å². The molecule has 5 heteroatoms. The van der Waals surface area contributed by atoms with E-state index in [9.17, 15) is 4.79 Å². The molecule has 0 bridgehead atoms. The van der Waals surface area contributed by atoms with Gasteiger partial charge < -0.3 is 19.7 Å². The molecule has 1 fully saturated rings. The van der Waals surface area contributed by atoms with Crippen LogP contribution in [0, 0.1) is 5.92 Å². The van der Waals surface area contributed by atoms with Crippen molar-refractivity contribution in [3.05, 3.63) is 29.8 Å². The van der Waals surface area contributed by atoms with Crippen molar-refractivity contribution in [3.8, 4) is 5.75 Å². The van der Waals surface area contributed by atoms with Crippen LogP contribution in [0.1, 0.15) is 45.1 Å². The maximum Gasteiger partial charge on any atom is 0.220 e. The number of amides is 1. The molecule has 152 valence electrons. The number of benzene rings is 1. The van der Waals surface area contributed by atoms with Crippen molar-refractivity contribution >= 4 is 5.91 Å². The summed E-state index contributed by atoms with van der Waals surface area (Å²) in [5.74, 6) is 1.41. The Morgan fingerprint density at radius 1 is 1.37 bits per heavy atom. The maximum atomic E-state index is 12.8. The van der Waals surface area contributed by atoms with Crippen molar-refractivity contribution in [2.75, 3.05) is 40.9 Å². The Morgan fingerprint density at radius 3 is 2.78 bits per heavy atom. The van der Waals surface area contributed by atoms with Crippen LogP contribution in [-0.2, 0) is 14.9 Å². The Kier molecular flexibility index (Phi) is 8.11. The van der Waals surface area contributed by atoms with Crippen molar-refractivity contribution in [2.24, 2.45) is 5.92 Å². The summed E-state index contributed by atoms with van der Waals surface area (Å²) in [7, 11) is 5.97. The fourth-order valence-electron chi connectivity index (χ4n) is 4.00. The minimum atomic E-state index is -0.239. The molecular formula is C22H37N2O3+. The van der Waals surface area contributed by atoms with Gasteiger partial charge in [0.1, 0.15) is 5.75 Å². The van der Waals surface area contributed by atoms with E-state index in [1.165, 1.54) is 4.90 Å². The summed E-state index contributed by atoms with van der Waals surface area (Å²) in [5.41, 5.74) is 0.894. The van der Waals surface area contributed by atoms with Gasteiger partial charge >= 0.3 is 0 Å². The van der Waals surface area contributed by atoms with Crippen LogP contribution in [0.3, 0.4) is 0 Å². The highest BCUT2D eigenvalue weighted by Gasteiger charge is 2.42. The zero-order valence-electron chi connectivity index (χ0n) is 17.6. The number of ether oxygens (including phenoxy) is 2. The van der Waals surface area contributed by atoms with Gasteiger partial charge in [-0.3, -0.25) is 4.79 Å². The lowest BCUT2D eigenvalue weighted by Gasteiger charge is -2.43. The Morgan fingerprint density at radius 2 is 2.11 bits per heavy atom. The molecule has 0 aromatic heterocycles. The molecule has 1 aliphatic rings. The van der Waals surface area contributed by atoms with Gasteiger partial charge in [0.2, 0.25) is 5.91 Å². The van der Waals surface area contributed by atoms with Crippen LogP contribution in [0.5, 0.6) is 5.75 Å². The predicted octanol–water partition coefficient (Wildman–Crippen LogP) is 1.81. The average Bonchev–Trinajstić information content (AvgIpc) is 2.65. The number of methoxy groups -OCH3 is 1. The molecule has 0 saturated carbocycles. The van der Waals surface area contributed by atoms with Gasteiger partial charge in [-0.25, -0.2) is 0 Å². The molecule has 1 aromatic rings. The quantitative estimate of drug-likeness (QED) is 0.646. The van der Waals surface area contributed by atoms with Crippen LogP contribution < -0.4 is 15.0 Å². The van der Waals surface area contributed by atoms with Gasteiger partial charge in [0.05, 0.1) is 33.9 Å². The third kappa shape index (κ3) is 5.94. The van der Waals surface area contributed by atoms with Crippen LogP contribution >= 0.6 is 0 Å². The minimum absolute atomic E-state index is 0.124. The van der Waals surface area contributed by atoms with Crippen molar-refractivity contribution in [3.63, 3.8) is 0 Å². The standard InChI is InChI=1S/C22H36N2O3/c1-17(2)20-15-22(11-14-27-20,18-9-6-7-10-19(18)26-5)16-21(25)23-12-8-13-24(3)4/h6-7,9-10,17,20H,8,11-16H2,1-5H3,(H,23,25)/p+1/t20-,22-/m0/s1. The molecule has 0 spiro atoms. The number of carbonyl (C=O) groups excluding carboxylic acids is 1. The van der Waals surface area contributed by atoms with E-state index >= 15 is 0 Å². The topological polar surface area (TPSA) is 52.0 Å². The normalized spacial score (nSPS) is 22.9. The molecule has 1 aromatic carbocycles. The van der Waals surface area contributed by atoms with Crippen LogP contribution in [-0.4, -0.2) is 52.9 Å². The maximum absolute atomic E-state index is 12.8. The first kappa shape index (κ1) is 21.7. The number of quaternary nitrogens is 1. The number of nitrogens with one attached hydrogen (secondary N) is 2. The average molecular weight is 378 g/mol. The Labute approximate surface area is 164 Å². The van der Waals surface area contributed by atoms with Gasteiger partial charge in [0, 0.05) is 37.0 Å². The molecule has 2 atom stereocenters. The molecule has 1 aliphatic heterocycles. The number of rotatable bonds is 9. The molecule has 2 rings (SSSR count). The van der Waals surface area contributed by atoms with E-state index in [1.54, 1.807) is 7.11 Å². The van der Waals surface area contributed by atoms with Gasteiger partial charge in [-0.1, -0.05) is 32.0 Å². The summed E-state index contributed by atoms with van der Waals surface area (Å²) in [5, 5.41) is 3.13. The molecule has 0 aliphatic carbocycles. The second-order valence-corrected chi connectivity index (χ2v) is 8.43. The van der Waals surface area contributed by atoms with Crippen LogP contribution in [0.2, 0.25) is 0 Å². The van der Waals surface area contributed by atoms with Crippen LogP contribution in [0.25, 0.3) is 0 Å². The summed E-state index contributed by atoms with van der Waals surface area (Å²) in [6.45, 7) is 6.84. The smallest absolute Gasteiger partial charge is 0.220 e. The molecule has 1 heterocycles. The van der Waals surface area contributed by atoms with Gasteiger partial charge in [0.15, 0.2) is 0 Å². The second-order valence-electron chi connectivity index (χ2n) is 8.43. The zero-order chi connectivity index (χ0) is 19.9. The van der Waals surface area contributed by atoms with Gasteiger partial charge in [-0.05, 0) is 24.8 Å². The first-order chi connectivity index (χ1) is 12.9. The molecule has 5 nitrogen and oxygen atoms in total. The molecule has 1 saturated heterocycles. The molecule has 0 radical (unpaired) electrons. The highest BCUT2D eigenvalue weighted by Crippen LogP contribution is 2.45. The van der Waals surface area contributed by atoms with Gasteiger partial charge in [0.25, 0.3) is 0 Å². The Balaban J connectivity index is 2.19. The Bertz CT molecular complexity index is 603. The number of carbonyl (C=O) groups is 1. The zero-order valence-corrected chi connectivity index (χ0v) is 17.6. The SMILES string of the molecule is COc1ccccc1[C@@]1(CC(=O)NCCC[NH+](C)C)CCO[C@H](C(C)C)C1. The summed E-state index contributed by atoms with van der Waals surface area (Å²) in [6, 6.07) is 8.13. The summed E-state index contributed by atoms with van der Waals surface area (Å²) >= 11 is 0. The number of hydrogen-bond acceptors (Lipinski definition) is 3. The van der Waals surface area contributed by atoms with E-state index in [0.29, 0.717) is 18.9 Å². The lowest BCUT2D eigenvalue weighted by Crippen LogP contribution is -3.05. The summed E-state index contributed by atoms with van der Waals surface area (Å²) in [4.78, 5) is 14.2. The second kappa shape index (κ2) is 10.1. The van der Waals surface area contributed by atoms with Crippen molar-refractivity contribution < 1.29 is 19.2 Å². The molecular weight excluding hydrogens is 340 g/mol. The fourth-order valence-corrected chi connectivity index (χ4v) is 4.00. The van der Waals surface area contributed by atoms with E-state index in [4.69, 9.17) is 9.47 Å². The number of para-hydroxylation sites is 1. The summed E-state index contributed by atoms with van der Waals surface area (Å²) < 4.78 is 11.7. The highest BCUT2D eigenvalue weighted by atomic mass is 16.5. The largest absolute Gasteiger partial charge is 0.496 e. The third-order valence-electron chi connectivity index (χ3n) is 5.60. The van der Waals surface area contributed by atoms with Gasteiger partial charge in [-0.15, -0.1) is 0 Å². The first-order valence-electron chi connectivity index (χ1n) is 10.2. The van der Waals surface area contributed by atoms with Crippen molar-refractivity contribution in [1.82, 2.24) is 5.32 Å². The lowest BCUT2D eigenvalue weighted by molar-refractivity contribution is -0.858. The Hall–Kier alpha value is -1.59. The predicted molar refractivity (Wildman–Crippen MR) is 108 cm³/mol. The van der Waals surface area contributed by atoms with E-state index in [-0.39, 0.29) is 17.4 Å². The van der Waals surface area contributed by atoms with Crippen LogP contribution in [0.15, 0.2) is 24.3 Å². The monoisotopic (exact) mass is 377 g/mol.